The molecule has 4 rings (SSSR count). The van der Waals surface area contributed by atoms with Crippen LogP contribution in [0.25, 0.3) is 33.0 Å². The van der Waals surface area contributed by atoms with Crippen LogP contribution in [0.4, 0.5) is 10.2 Å². The maximum atomic E-state index is 14.0. The van der Waals surface area contributed by atoms with E-state index in [1.54, 1.807) is 35.1 Å². The van der Waals surface area contributed by atoms with Gasteiger partial charge in [-0.3, -0.25) is 0 Å². The maximum Gasteiger partial charge on any atom is 0.181 e. The molecule has 0 aliphatic carbocycles. The number of fused-ring (bicyclic) bond motifs is 1. The van der Waals surface area contributed by atoms with E-state index in [2.05, 4.69) is 30.1 Å². The Morgan fingerprint density at radius 2 is 1.96 bits per heavy atom. The van der Waals surface area contributed by atoms with Crippen LogP contribution in [-0.4, -0.2) is 24.7 Å². The molecule has 4 aromatic rings. The highest BCUT2D eigenvalue weighted by Gasteiger charge is 2.16. The van der Waals surface area contributed by atoms with Crippen LogP contribution in [0.5, 0.6) is 0 Å². The normalized spacial score (nSPS) is 10.7. The fourth-order valence-electron chi connectivity index (χ4n) is 2.64. The molecule has 1 aromatic carbocycles. The first-order valence-electron chi connectivity index (χ1n) is 7.70. The Hall–Kier alpha value is -3.84. The fourth-order valence-corrected chi connectivity index (χ4v) is 2.64. The van der Waals surface area contributed by atoms with Crippen LogP contribution >= 0.6 is 0 Å². The Labute approximate surface area is 146 Å². The minimum absolute atomic E-state index is 0.193. The lowest BCUT2D eigenvalue weighted by molar-refractivity contribution is 0.589. The number of hydrogen-bond donors (Lipinski definition) is 0. The lowest BCUT2D eigenvalue weighted by Crippen LogP contribution is -2.04. The molecular formula is C17H11FN8. The predicted molar refractivity (Wildman–Crippen MR) is 92.9 cm³/mol. The van der Waals surface area contributed by atoms with Gasteiger partial charge in [-0.1, -0.05) is 18.2 Å². The van der Waals surface area contributed by atoms with E-state index in [1.807, 2.05) is 6.07 Å². The number of azide groups is 1. The molecule has 9 heteroatoms. The highest BCUT2D eigenvalue weighted by Crippen LogP contribution is 2.26. The molecule has 0 N–H and O–H groups in total. The summed E-state index contributed by atoms with van der Waals surface area (Å²) in [5, 5.41) is 8.74. The predicted octanol–water partition coefficient (Wildman–Crippen LogP) is 4.02. The van der Waals surface area contributed by atoms with E-state index in [9.17, 15) is 4.39 Å². The van der Waals surface area contributed by atoms with Crippen LogP contribution in [0, 0.1) is 5.82 Å². The highest BCUT2D eigenvalue weighted by molar-refractivity contribution is 5.89. The second kappa shape index (κ2) is 6.58. The van der Waals surface area contributed by atoms with Gasteiger partial charge >= 0.3 is 0 Å². The van der Waals surface area contributed by atoms with Crippen LogP contribution in [0.1, 0.15) is 5.56 Å². The van der Waals surface area contributed by atoms with Crippen molar-refractivity contribution < 1.29 is 4.39 Å². The van der Waals surface area contributed by atoms with Gasteiger partial charge in [-0.05, 0) is 34.9 Å². The van der Waals surface area contributed by atoms with Crippen LogP contribution in [-0.2, 0) is 6.54 Å². The Morgan fingerprint density at radius 1 is 1.08 bits per heavy atom. The van der Waals surface area contributed by atoms with E-state index in [4.69, 9.17) is 5.53 Å². The van der Waals surface area contributed by atoms with Crippen LogP contribution in [0.3, 0.4) is 0 Å². The average Bonchev–Trinajstić information content (AvgIpc) is 3.03. The number of nitrogens with zero attached hydrogens (tertiary/aromatic N) is 8. The molecule has 0 spiro atoms. The number of benzene rings is 1. The zero-order valence-corrected chi connectivity index (χ0v) is 13.4. The van der Waals surface area contributed by atoms with Crippen LogP contribution < -0.4 is 0 Å². The molecule has 26 heavy (non-hydrogen) atoms. The summed E-state index contributed by atoms with van der Waals surface area (Å²) >= 11 is 0. The number of aromatic nitrogens is 5. The fraction of sp³-hybridized carbons (Fsp3) is 0.0588. The summed E-state index contributed by atoms with van der Waals surface area (Å²) in [7, 11) is 0. The van der Waals surface area contributed by atoms with Crippen molar-refractivity contribution in [1.82, 2.24) is 24.7 Å². The molecule has 0 unspecified atom stereocenters. The summed E-state index contributed by atoms with van der Waals surface area (Å²) in [5.74, 6) is 0.189. The second-order valence-electron chi connectivity index (χ2n) is 5.40. The van der Waals surface area contributed by atoms with Crippen molar-refractivity contribution in [3.05, 3.63) is 76.7 Å². The van der Waals surface area contributed by atoms with E-state index in [-0.39, 0.29) is 18.2 Å². The van der Waals surface area contributed by atoms with Crippen molar-refractivity contribution in [3.63, 3.8) is 0 Å². The van der Waals surface area contributed by atoms with Gasteiger partial charge in [0.2, 0.25) is 0 Å². The Kier molecular flexibility index (Phi) is 3.97. The largest absolute Gasteiger partial charge is 0.242 e. The van der Waals surface area contributed by atoms with Gasteiger partial charge in [0.15, 0.2) is 11.5 Å². The number of hydrogen-bond acceptors (Lipinski definition) is 5. The minimum Gasteiger partial charge on any atom is -0.242 e. The molecule has 0 bridgehead atoms. The smallest absolute Gasteiger partial charge is 0.181 e. The summed E-state index contributed by atoms with van der Waals surface area (Å²) in [6.07, 6.45) is 3.13. The molecule has 0 saturated heterocycles. The lowest BCUT2D eigenvalue weighted by atomic mass is 10.2. The van der Waals surface area contributed by atoms with Crippen molar-refractivity contribution in [3.8, 4) is 11.5 Å². The molecule has 3 heterocycles. The van der Waals surface area contributed by atoms with Crippen LogP contribution in [0.15, 0.2) is 60.0 Å². The van der Waals surface area contributed by atoms with Crippen molar-refractivity contribution in [2.24, 2.45) is 5.11 Å². The van der Waals surface area contributed by atoms with Gasteiger partial charge in [0.05, 0.1) is 11.9 Å². The summed E-state index contributed by atoms with van der Waals surface area (Å²) in [4.78, 5) is 15.5. The second-order valence-corrected chi connectivity index (χ2v) is 5.40. The lowest BCUT2D eigenvalue weighted by Gasteiger charge is -2.04. The molecule has 0 amide bonds. The molecule has 0 radical (unpaired) electrons. The molecule has 8 nitrogen and oxygen atoms in total. The Morgan fingerprint density at radius 3 is 2.81 bits per heavy atom. The van der Waals surface area contributed by atoms with E-state index < -0.39 is 0 Å². The highest BCUT2D eigenvalue weighted by atomic mass is 19.1. The van der Waals surface area contributed by atoms with Crippen molar-refractivity contribution in [1.29, 1.82) is 0 Å². The Bertz CT molecular complexity index is 1150. The van der Waals surface area contributed by atoms with Gasteiger partial charge in [0.25, 0.3) is 0 Å². The van der Waals surface area contributed by atoms with Gasteiger partial charge in [-0.2, -0.15) is 5.10 Å². The average molecular weight is 346 g/mol. The van der Waals surface area contributed by atoms with Gasteiger partial charge in [-0.25, -0.2) is 24.0 Å². The molecule has 0 aliphatic heterocycles. The van der Waals surface area contributed by atoms with Crippen molar-refractivity contribution in [2.45, 2.75) is 6.54 Å². The summed E-state index contributed by atoms with van der Waals surface area (Å²) in [6, 6.07) is 11.6. The minimum atomic E-state index is -0.310. The third kappa shape index (κ3) is 2.83. The molecular weight excluding hydrogens is 335 g/mol. The molecule has 0 aliphatic rings. The topological polar surface area (TPSA) is 105 Å². The molecule has 0 saturated carbocycles. The molecule has 3 aromatic heterocycles. The first kappa shape index (κ1) is 15.7. The number of halogens is 1. The quantitative estimate of drug-likeness (QED) is 0.316. The van der Waals surface area contributed by atoms with E-state index in [0.717, 1.165) is 5.39 Å². The summed E-state index contributed by atoms with van der Waals surface area (Å²) < 4.78 is 15.6. The van der Waals surface area contributed by atoms with Gasteiger partial charge in [0, 0.05) is 22.9 Å². The van der Waals surface area contributed by atoms with E-state index in [1.165, 1.54) is 18.3 Å². The zero-order valence-electron chi connectivity index (χ0n) is 13.4. The summed E-state index contributed by atoms with van der Waals surface area (Å²) in [5.41, 5.74) is 10.2. The Balaban J connectivity index is 1.86. The third-order valence-corrected chi connectivity index (χ3v) is 3.78. The van der Waals surface area contributed by atoms with Gasteiger partial charge < -0.3 is 0 Å². The third-order valence-electron chi connectivity index (χ3n) is 3.78. The zero-order chi connectivity index (χ0) is 17.9. The van der Waals surface area contributed by atoms with Gasteiger partial charge in [-0.15, -0.1) is 0 Å². The number of pyridine rings is 1. The first-order valence-corrected chi connectivity index (χ1v) is 7.70. The van der Waals surface area contributed by atoms with Crippen LogP contribution in [0.2, 0.25) is 0 Å². The van der Waals surface area contributed by atoms with E-state index in [0.29, 0.717) is 22.7 Å². The summed E-state index contributed by atoms with van der Waals surface area (Å²) in [6.45, 7) is 0.218. The monoisotopic (exact) mass is 346 g/mol. The SMILES string of the molecule is [N-]=[N+]=Nc1ccnc(-c2nn(Cc3ccccc3F)c3ncccc23)n1. The molecule has 0 atom stereocenters. The standard InChI is InChI=1S/C17H11FN8/c18-13-6-2-1-4-11(13)10-26-17-12(5-3-8-21-17)15(24-26)16-20-9-7-14(22-16)23-25-19/h1-9H,10H2. The number of rotatable bonds is 4. The molecule has 126 valence electrons. The maximum absolute atomic E-state index is 14.0. The van der Waals surface area contributed by atoms with Crippen molar-refractivity contribution in [2.75, 3.05) is 0 Å². The van der Waals surface area contributed by atoms with Crippen molar-refractivity contribution >= 4 is 16.9 Å². The first-order chi connectivity index (χ1) is 12.8. The van der Waals surface area contributed by atoms with Gasteiger partial charge in [0.1, 0.15) is 17.3 Å². The molecule has 0 fully saturated rings. The van der Waals surface area contributed by atoms with E-state index >= 15 is 0 Å².